The quantitative estimate of drug-likeness (QED) is 0.385. The maximum atomic E-state index is 13.8. The highest BCUT2D eigenvalue weighted by Crippen LogP contribution is 2.35. The molecule has 3 aromatic heterocycles. The molecule has 1 aromatic carbocycles. The molecule has 34 heavy (non-hydrogen) atoms. The summed E-state index contributed by atoms with van der Waals surface area (Å²) in [5, 5.41) is 3.61. The first-order chi connectivity index (χ1) is 16.2. The Balaban J connectivity index is 1.45. The number of amides is 1. The van der Waals surface area contributed by atoms with E-state index in [1.165, 1.54) is 35.4 Å². The maximum absolute atomic E-state index is 13.8. The van der Waals surface area contributed by atoms with Crippen molar-refractivity contribution in [3.63, 3.8) is 0 Å². The summed E-state index contributed by atoms with van der Waals surface area (Å²) in [7, 11) is 0. The van der Waals surface area contributed by atoms with E-state index in [-0.39, 0.29) is 46.7 Å². The van der Waals surface area contributed by atoms with E-state index in [1.807, 2.05) is 4.90 Å². The number of anilines is 1. The Morgan fingerprint density at radius 3 is 2.38 bits per heavy atom. The predicted octanol–water partition coefficient (Wildman–Crippen LogP) is 4.76. The first-order valence-electron chi connectivity index (χ1n) is 10.2. The Labute approximate surface area is 195 Å². The molecule has 0 unspecified atom stereocenters. The van der Waals surface area contributed by atoms with Crippen LogP contribution in [0, 0.1) is 5.82 Å². The number of furan rings is 1. The van der Waals surface area contributed by atoms with E-state index in [1.54, 1.807) is 12.1 Å². The molecule has 5 rings (SSSR count). The van der Waals surface area contributed by atoms with Crippen LogP contribution in [0.25, 0.3) is 17.1 Å². The van der Waals surface area contributed by atoms with Gasteiger partial charge in [0, 0.05) is 31.9 Å². The number of rotatable bonds is 3. The Morgan fingerprint density at radius 1 is 1.06 bits per heavy atom. The largest absolute Gasteiger partial charge is 0.463 e. The van der Waals surface area contributed by atoms with Crippen molar-refractivity contribution in [1.82, 2.24) is 19.5 Å². The van der Waals surface area contributed by atoms with Crippen LogP contribution in [0.5, 0.6) is 0 Å². The van der Waals surface area contributed by atoms with E-state index in [0.717, 1.165) is 11.8 Å². The molecule has 7 nitrogen and oxygen atoms in total. The highest BCUT2D eigenvalue weighted by molar-refractivity contribution is 6.36. The van der Waals surface area contributed by atoms with Crippen molar-refractivity contribution in [2.45, 2.75) is 6.18 Å². The lowest BCUT2D eigenvalue weighted by molar-refractivity contribution is -0.142. The second-order valence-corrected chi connectivity index (χ2v) is 8.03. The lowest BCUT2D eigenvalue weighted by Gasteiger charge is -2.35. The molecule has 0 saturated carbocycles. The summed E-state index contributed by atoms with van der Waals surface area (Å²) < 4.78 is 60.2. The zero-order valence-corrected chi connectivity index (χ0v) is 18.1. The molecule has 1 fully saturated rings. The van der Waals surface area contributed by atoms with Crippen molar-refractivity contribution in [2.75, 3.05) is 31.1 Å². The van der Waals surface area contributed by atoms with Crippen LogP contribution in [-0.2, 0) is 6.18 Å². The molecule has 4 aromatic rings. The lowest BCUT2D eigenvalue weighted by Crippen LogP contribution is -2.49. The van der Waals surface area contributed by atoms with Gasteiger partial charge in [-0.05, 0) is 42.5 Å². The average molecular weight is 494 g/mol. The fourth-order valence-corrected chi connectivity index (χ4v) is 4.09. The lowest BCUT2D eigenvalue weighted by atomic mass is 10.2. The molecule has 0 N–H and O–H groups in total. The summed E-state index contributed by atoms with van der Waals surface area (Å²) in [5.41, 5.74) is -1.02. The number of hydrogen-bond acceptors (Lipinski definition) is 5. The number of piperazine rings is 1. The van der Waals surface area contributed by atoms with Gasteiger partial charge in [-0.3, -0.25) is 4.79 Å². The summed E-state index contributed by atoms with van der Waals surface area (Å²) in [6.45, 7) is 1.49. The van der Waals surface area contributed by atoms with Crippen LogP contribution in [0.1, 0.15) is 16.2 Å². The van der Waals surface area contributed by atoms with E-state index in [4.69, 9.17) is 16.0 Å². The number of fused-ring (bicyclic) bond motifs is 1. The van der Waals surface area contributed by atoms with E-state index >= 15 is 0 Å². The molecule has 1 amide bonds. The molecule has 1 aliphatic rings. The van der Waals surface area contributed by atoms with Crippen LogP contribution in [0.2, 0.25) is 5.02 Å². The molecule has 0 atom stereocenters. The molecule has 12 heteroatoms. The van der Waals surface area contributed by atoms with E-state index in [9.17, 15) is 22.4 Å². The third-order valence-corrected chi connectivity index (χ3v) is 5.91. The standard InChI is InChI=1S/C22H16ClF4N5O2/c23-18-19(21(33)31-9-7-30(8-10-31)14-5-3-13(24)4-6-14)29-32-17(22(25,26)27)12-15(28-20(18)32)16-2-1-11-34-16/h1-6,11-12H,7-10H2. The van der Waals surface area contributed by atoms with Gasteiger partial charge in [0.1, 0.15) is 16.5 Å². The van der Waals surface area contributed by atoms with Crippen molar-refractivity contribution in [1.29, 1.82) is 0 Å². The van der Waals surface area contributed by atoms with Gasteiger partial charge in [0.25, 0.3) is 5.91 Å². The summed E-state index contributed by atoms with van der Waals surface area (Å²) in [6, 6.07) is 9.78. The van der Waals surface area contributed by atoms with Gasteiger partial charge in [0.05, 0.1) is 6.26 Å². The second-order valence-electron chi connectivity index (χ2n) is 7.66. The topological polar surface area (TPSA) is 66.9 Å². The first kappa shape index (κ1) is 22.2. The van der Waals surface area contributed by atoms with Gasteiger partial charge < -0.3 is 14.2 Å². The van der Waals surface area contributed by atoms with Crippen molar-refractivity contribution in [3.8, 4) is 11.5 Å². The summed E-state index contributed by atoms with van der Waals surface area (Å²) in [6.07, 6.45) is -3.47. The molecule has 0 aliphatic carbocycles. The van der Waals surface area contributed by atoms with E-state index in [2.05, 4.69) is 10.1 Å². The minimum Gasteiger partial charge on any atom is -0.463 e. The Hall–Kier alpha value is -3.60. The number of benzene rings is 1. The smallest absolute Gasteiger partial charge is 0.433 e. The van der Waals surface area contributed by atoms with Crippen LogP contribution in [-0.4, -0.2) is 51.6 Å². The number of carbonyl (C=O) groups is 1. The van der Waals surface area contributed by atoms with Crippen molar-refractivity contribution in [2.24, 2.45) is 0 Å². The molecule has 176 valence electrons. The minimum absolute atomic E-state index is 0.0847. The Kier molecular flexibility index (Phi) is 5.43. The highest BCUT2D eigenvalue weighted by Gasteiger charge is 2.37. The molecular weight excluding hydrogens is 478 g/mol. The molecule has 0 spiro atoms. The van der Waals surface area contributed by atoms with Crippen LogP contribution in [0.3, 0.4) is 0 Å². The minimum atomic E-state index is -4.78. The third kappa shape index (κ3) is 3.96. The van der Waals surface area contributed by atoms with Crippen LogP contribution < -0.4 is 4.90 Å². The van der Waals surface area contributed by atoms with Gasteiger partial charge in [0.15, 0.2) is 22.8 Å². The van der Waals surface area contributed by atoms with Crippen LogP contribution in [0.4, 0.5) is 23.2 Å². The highest BCUT2D eigenvalue weighted by atomic mass is 35.5. The Morgan fingerprint density at radius 2 is 1.76 bits per heavy atom. The predicted molar refractivity (Wildman–Crippen MR) is 115 cm³/mol. The van der Waals surface area contributed by atoms with Gasteiger partial charge in [0.2, 0.25) is 0 Å². The zero-order chi connectivity index (χ0) is 24.0. The van der Waals surface area contributed by atoms with Gasteiger partial charge in [-0.1, -0.05) is 11.6 Å². The second kappa shape index (κ2) is 8.32. The average Bonchev–Trinajstić information content (AvgIpc) is 3.47. The van der Waals surface area contributed by atoms with Crippen molar-refractivity contribution < 1.29 is 26.8 Å². The van der Waals surface area contributed by atoms with Crippen molar-refractivity contribution >= 4 is 28.8 Å². The number of halogens is 5. The molecule has 0 bridgehead atoms. The number of alkyl halides is 3. The zero-order valence-electron chi connectivity index (χ0n) is 17.4. The van der Waals surface area contributed by atoms with Crippen LogP contribution in [0.15, 0.2) is 53.1 Å². The molecule has 4 heterocycles. The van der Waals surface area contributed by atoms with E-state index < -0.39 is 17.8 Å². The number of carbonyl (C=O) groups excluding carboxylic acids is 1. The molecule has 0 radical (unpaired) electrons. The summed E-state index contributed by atoms with van der Waals surface area (Å²) in [4.78, 5) is 20.7. The van der Waals surface area contributed by atoms with Gasteiger partial charge in [-0.2, -0.15) is 18.3 Å². The number of aromatic nitrogens is 3. The van der Waals surface area contributed by atoms with Gasteiger partial charge in [-0.15, -0.1) is 0 Å². The number of nitrogens with zero attached hydrogens (tertiary/aromatic N) is 5. The van der Waals surface area contributed by atoms with Gasteiger partial charge >= 0.3 is 6.18 Å². The molecule has 1 aliphatic heterocycles. The molecule has 1 saturated heterocycles. The van der Waals surface area contributed by atoms with Gasteiger partial charge in [-0.25, -0.2) is 13.9 Å². The first-order valence-corrected chi connectivity index (χ1v) is 10.6. The molecular formula is C22H16ClF4N5O2. The van der Waals surface area contributed by atoms with Crippen LogP contribution >= 0.6 is 11.6 Å². The SMILES string of the molecule is O=C(c1nn2c(C(F)(F)F)cc(-c3ccco3)nc2c1Cl)N1CCN(c2ccc(F)cc2)CC1. The maximum Gasteiger partial charge on any atom is 0.433 e. The third-order valence-electron chi connectivity index (χ3n) is 5.56. The van der Waals surface area contributed by atoms with E-state index in [0.29, 0.717) is 17.6 Å². The van der Waals surface area contributed by atoms with Crippen molar-refractivity contribution in [3.05, 3.63) is 71.0 Å². The number of hydrogen-bond donors (Lipinski definition) is 0. The summed E-state index contributed by atoms with van der Waals surface area (Å²) in [5.74, 6) is -0.821. The normalized spacial score (nSPS) is 14.7. The monoisotopic (exact) mass is 493 g/mol. The fourth-order valence-electron chi connectivity index (χ4n) is 3.85. The summed E-state index contributed by atoms with van der Waals surface area (Å²) >= 11 is 6.33. The fraction of sp³-hybridized carbons (Fsp3) is 0.227. The Bertz CT molecular complexity index is 1340.